The zero-order valence-corrected chi connectivity index (χ0v) is 22.1. The molecule has 0 saturated heterocycles. The van der Waals surface area contributed by atoms with E-state index in [0.29, 0.717) is 24.5 Å². The van der Waals surface area contributed by atoms with Crippen molar-refractivity contribution < 1.29 is 9.32 Å². The molecule has 0 spiro atoms. The van der Waals surface area contributed by atoms with Crippen molar-refractivity contribution in [3.05, 3.63) is 82.6 Å². The first-order valence-electron chi connectivity index (χ1n) is 12.4. The maximum absolute atomic E-state index is 12.3. The van der Waals surface area contributed by atoms with Crippen molar-refractivity contribution in [2.45, 2.75) is 64.8 Å². The number of anilines is 1. The highest BCUT2D eigenvalue weighted by molar-refractivity contribution is 8.00. The van der Waals surface area contributed by atoms with E-state index in [0.717, 1.165) is 52.5 Å². The Labute approximate surface area is 216 Å². The van der Waals surface area contributed by atoms with Gasteiger partial charge in [0.05, 0.1) is 11.4 Å². The first-order chi connectivity index (χ1) is 17.4. The summed E-state index contributed by atoms with van der Waals surface area (Å²) in [6, 6.07) is 16.7. The minimum Gasteiger partial charge on any atom is -0.364 e. The van der Waals surface area contributed by atoms with Crippen LogP contribution in [0.3, 0.4) is 0 Å². The van der Waals surface area contributed by atoms with Crippen molar-refractivity contribution in [1.82, 2.24) is 14.7 Å². The second kappa shape index (κ2) is 11.5. The number of hydrogen-bond donors (Lipinski definition) is 2. The third-order valence-corrected chi connectivity index (χ3v) is 7.00. The number of primary amides is 1. The van der Waals surface area contributed by atoms with Crippen LogP contribution in [0, 0.1) is 6.92 Å². The summed E-state index contributed by atoms with van der Waals surface area (Å²) in [6.07, 6.45) is 3.32. The average Bonchev–Trinajstić information content (AvgIpc) is 3.46. The molecule has 36 heavy (non-hydrogen) atoms. The summed E-state index contributed by atoms with van der Waals surface area (Å²) < 4.78 is 10.5. The van der Waals surface area contributed by atoms with Crippen molar-refractivity contribution in [2.24, 2.45) is 5.73 Å². The fraction of sp³-hybridized carbons (Fsp3) is 0.321. The van der Waals surface area contributed by atoms with Gasteiger partial charge in [0.2, 0.25) is 5.88 Å². The topological polar surface area (TPSA) is 99.0 Å². The Morgan fingerprint density at radius 3 is 2.56 bits per heavy atom. The largest absolute Gasteiger partial charge is 0.364 e. The summed E-state index contributed by atoms with van der Waals surface area (Å²) in [6.45, 7) is 8.75. The molecule has 0 aliphatic rings. The molecule has 0 aliphatic carbocycles. The molecule has 188 valence electrons. The van der Waals surface area contributed by atoms with Crippen molar-refractivity contribution in [3.63, 3.8) is 0 Å². The molecule has 2 aromatic carbocycles. The van der Waals surface area contributed by atoms with E-state index in [-0.39, 0.29) is 0 Å². The van der Waals surface area contributed by atoms with Gasteiger partial charge in [0.1, 0.15) is 11.5 Å². The average molecular weight is 504 g/mol. The molecule has 2 aromatic heterocycles. The summed E-state index contributed by atoms with van der Waals surface area (Å²) in [7, 11) is 0. The number of benzene rings is 2. The molecule has 8 heteroatoms. The Morgan fingerprint density at radius 2 is 1.89 bits per heavy atom. The predicted molar refractivity (Wildman–Crippen MR) is 145 cm³/mol. The van der Waals surface area contributed by atoms with Crippen molar-refractivity contribution in [2.75, 3.05) is 4.72 Å². The van der Waals surface area contributed by atoms with Gasteiger partial charge in [0.25, 0.3) is 5.91 Å². The maximum Gasteiger partial charge on any atom is 0.267 e. The lowest BCUT2D eigenvalue weighted by Gasteiger charge is -2.16. The van der Waals surface area contributed by atoms with Gasteiger partial charge < -0.3 is 14.8 Å². The normalized spacial score (nSPS) is 11.1. The fourth-order valence-electron chi connectivity index (χ4n) is 4.44. The van der Waals surface area contributed by atoms with Crippen molar-refractivity contribution in [3.8, 4) is 11.1 Å². The van der Waals surface area contributed by atoms with Gasteiger partial charge in [-0.05, 0) is 66.5 Å². The molecule has 2 heterocycles. The van der Waals surface area contributed by atoms with Crippen LogP contribution in [0.25, 0.3) is 11.1 Å². The second-order valence-electron chi connectivity index (χ2n) is 8.76. The second-order valence-corrected chi connectivity index (χ2v) is 9.60. The number of carbonyl (C=O) groups is 1. The Hall–Kier alpha value is -3.52. The van der Waals surface area contributed by atoms with Crippen molar-refractivity contribution >= 4 is 23.7 Å². The lowest BCUT2D eigenvalue weighted by atomic mass is 9.96. The third-order valence-electron chi connectivity index (χ3n) is 6.12. The van der Waals surface area contributed by atoms with Crippen molar-refractivity contribution in [1.29, 1.82) is 0 Å². The molecule has 7 nitrogen and oxygen atoms in total. The number of nitrogens with one attached hydrogen (secondary N) is 1. The van der Waals surface area contributed by atoms with Gasteiger partial charge in [-0.1, -0.05) is 62.3 Å². The number of nitrogens with two attached hydrogens (primary N) is 1. The van der Waals surface area contributed by atoms with Crippen LogP contribution < -0.4 is 10.5 Å². The smallest absolute Gasteiger partial charge is 0.267 e. The monoisotopic (exact) mass is 503 g/mol. The van der Waals surface area contributed by atoms with E-state index in [1.165, 1.54) is 23.1 Å². The molecule has 4 rings (SSSR count). The molecule has 0 saturated carbocycles. The number of hydrogen-bond acceptors (Lipinski definition) is 6. The summed E-state index contributed by atoms with van der Waals surface area (Å²) in [5.74, 6) is 1.12. The van der Waals surface area contributed by atoms with Gasteiger partial charge >= 0.3 is 0 Å². The SMILES string of the molecule is CCCc1nc(CC)c(C(N)=O)n1Cc1ccc(-c2ccccc2SNc2cc(C)no2)c(CC)c1. The molecule has 0 bridgehead atoms. The molecule has 4 aromatic rings. The predicted octanol–water partition coefficient (Wildman–Crippen LogP) is 6.19. The van der Waals surface area contributed by atoms with Gasteiger partial charge in [0, 0.05) is 23.9 Å². The number of aryl methyl sites for hydroxylation is 4. The molecular weight excluding hydrogens is 470 g/mol. The summed E-state index contributed by atoms with van der Waals surface area (Å²) in [5, 5.41) is 3.94. The van der Waals surface area contributed by atoms with Gasteiger partial charge in [-0.2, -0.15) is 0 Å². The standard InChI is InChI=1S/C28H33N5O2S/c1-5-10-25-30-23(7-3)27(28(29)34)33(25)17-19-13-14-21(20(6-2)16-19)22-11-8-9-12-24(22)36-32-26-15-18(4)31-35-26/h8-9,11-16,32H,5-7,10,17H2,1-4H3,(H2,29,34). The van der Waals surface area contributed by atoms with Crippen LogP contribution in [0.4, 0.5) is 5.88 Å². The third kappa shape index (κ3) is 5.49. The molecule has 0 unspecified atom stereocenters. The minimum absolute atomic E-state index is 0.422. The van der Waals surface area contributed by atoms with Crippen LogP contribution >= 0.6 is 11.9 Å². The van der Waals surface area contributed by atoms with E-state index >= 15 is 0 Å². The number of imidazole rings is 1. The van der Waals surface area contributed by atoms with E-state index in [1.807, 2.05) is 30.5 Å². The number of aromatic nitrogens is 3. The first kappa shape index (κ1) is 25.6. The lowest BCUT2D eigenvalue weighted by Crippen LogP contribution is -2.20. The van der Waals surface area contributed by atoms with Crippen LogP contribution in [0.5, 0.6) is 0 Å². The minimum atomic E-state index is -0.422. The van der Waals surface area contributed by atoms with E-state index in [2.05, 4.69) is 60.1 Å². The van der Waals surface area contributed by atoms with Gasteiger partial charge in [0.15, 0.2) is 0 Å². The molecule has 3 N–H and O–H groups in total. The molecule has 0 aliphatic heterocycles. The van der Waals surface area contributed by atoms with Crippen LogP contribution in [-0.2, 0) is 25.8 Å². The molecule has 0 radical (unpaired) electrons. The Kier molecular flexibility index (Phi) is 8.15. The number of rotatable bonds is 11. The first-order valence-corrected chi connectivity index (χ1v) is 13.2. The van der Waals surface area contributed by atoms with Crippen LogP contribution in [0.15, 0.2) is 57.9 Å². The lowest BCUT2D eigenvalue weighted by molar-refractivity contribution is 0.0990. The maximum atomic E-state index is 12.3. The van der Waals surface area contributed by atoms with E-state index in [4.69, 9.17) is 15.2 Å². The Balaban J connectivity index is 1.66. The Morgan fingerprint density at radius 1 is 1.08 bits per heavy atom. The highest BCUT2D eigenvalue weighted by Gasteiger charge is 2.20. The summed E-state index contributed by atoms with van der Waals surface area (Å²) >= 11 is 1.50. The fourth-order valence-corrected chi connectivity index (χ4v) is 5.18. The molecule has 0 atom stereocenters. The highest BCUT2D eigenvalue weighted by atomic mass is 32.2. The molecule has 1 amide bonds. The molecular formula is C28H33N5O2S. The molecule has 0 fully saturated rings. The van der Waals surface area contributed by atoms with E-state index in [1.54, 1.807) is 0 Å². The van der Waals surface area contributed by atoms with Gasteiger partial charge in [-0.25, -0.2) is 4.98 Å². The van der Waals surface area contributed by atoms with Crippen LogP contribution in [-0.4, -0.2) is 20.6 Å². The number of carbonyl (C=O) groups excluding carboxylic acids is 1. The van der Waals surface area contributed by atoms with Gasteiger partial charge in [-0.15, -0.1) is 0 Å². The summed E-state index contributed by atoms with van der Waals surface area (Å²) in [4.78, 5) is 18.2. The highest BCUT2D eigenvalue weighted by Crippen LogP contribution is 2.35. The van der Waals surface area contributed by atoms with Gasteiger partial charge in [-0.3, -0.25) is 9.52 Å². The van der Waals surface area contributed by atoms with E-state index < -0.39 is 5.91 Å². The zero-order chi connectivity index (χ0) is 25.7. The number of amides is 1. The number of nitrogens with zero attached hydrogens (tertiary/aromatic N) is 3. The van der Waals surface area contributed by atoms with Crippen LogP contribution in [0.2, 0.25) is 0 Å². The Bertz CT molecular complexity index is 1360. The van der Waals surface area contributed by atoms with Crippen LogP contribution in [0.1, 0.15) is 66.0 Å². The zero-order valence-electron chi connectivity index (χ0n) is 21.3. The quantitative estimate of drug-likeness (QED) is 0.237. The van der Waals surface area contributed by atoms with E-state index in [9.17, 15) is 4.79 Å². The summed E-state index contributed by atoms with van der Waals surface area (Å²) in [5.41, 5.74) is 12.6.